The van der Waals surface area contributed by atoms with Crippen LogP contribution in [0.4, 0.5) is 34.1 Å². The molecule has 0 N–H and O–H groups in total. The summed E-state index contributed by atoms with van der Waals surface area (Å²) in [5, 5.41) is 9.91. The van der Waals surface area contributed by atoms with E-state index in [2.05, 4.69) is 180 Å². The Labute approximate surface area is 334 Å². The molecule has 0 saturated carbocycles. The third kappa shape index (κ3) is 4.50. The largest absolute Gasteiger partial charge is 0.436 e. The van der Waals surface area contributed by atoms with Gasteiger partial charge in [-0.2, -0.15) is 0 Å². The maximum Gasteiger partial charge on any atom is 0.252 e. The van der Waals surface area contributed by atoms with E-state index in [9.17, 15) is 0 Å². The van der Waals surface area contributed by atoms with Crippen LogP contribution in [0.1, 0.15) is 0 Å². The van der Waals surface area contributed by atoms with Crippen molar-refractivity contribution < 1.29 is 4.42 Å². The SMILES string of the molecule is c1ccc(N2c3cc4c(ccc5ccccc54)cc3B3c4cc5ccc6ccccc6c5cc4N(c4ccccc4)c4cc(-c5nc6ccccc6o5)cc2c43)cc1. The molecule has 0 bridgehead atoms. The lowest BCUT2D eigenvalue weighted by Gasteiger charge is -2.44. The first-order chi connectivity index (χ1) is 28.7. The van der Waals surface area contributed by atoms with E-state index in [0.717, 1.165) is 39.4 Å². The van der Waals surface area contributed by atoms with Crippen molar-refractivity contribution in [3.05, 3.63) is 194 Å². The van der Waals surface area contributed by atoms with Gasteiger partial charge in [-0.25, -0.2) is 4.98 Å². The second kappa shape index (κ2) is 11.9. The monoisotopic (exact) mass is 737 g/mol. The molecule has 0 atom stereocenters. The Hall–Kier alpha value is -7.63. The number of benzene rings is 10. The van der Waals surface area contributed by atoms with Crippen molar-refractivity contribution in [3.63, 3.8) is 0 Å². The molecule has 3 heterocycles. The minimum Gasteiger partial charge on any atom is -0.436 e. The van der Waals surface area contributed by atoms with Gasteiger partial charge in [-0.1, -0.05) is 133 Å². The predicted molar refractivity (Wildman–Crippen MR) is 243 cm³/mol. The maximum absolute atomic E-state index is 6.57. The molecule has 1 aromatic heterocycles. The lowest BCUT2D eigenvalue weighted by Crippen LogP contribution is -2.61. The molecule has 13 rings (SSSR count). The summed E-state index contributed by atoms with van der Waals surface area (Å²) in [6, 6.07) is 70.7. The number of para-hydroxylation sites is 4. The zero-order chi connectivity index (χ0) is 37.9. The summed E-state index contributed by atoms with van der Waals surface area (Å²) < 4.78 is 6.57. The second-order valence-corrected chi connectivity index (χ2v) is 15.5. The number of anilines is 6. The first kappa shape index (κ1) is 31.6. The molecule has 268 valence electrons. The van der Waals surface area contributed by atoms with Gasteiger partial charge >= 0.3 is 0 Å². The van der Waals surface area contributed by atoms with Gasteiger partial charge < -0.3 is 14.2 Å². The summed E-state index contributed by atoms with van der Waals surface area (Å²) in [6.07, 6.45) is 0. The topological polar surface area (TPSA) is 32.5 Å². The number of hydrogen-bond acceptors (Lipinski definition) is 4. The van der Waals surface area contributed by atoms with Crippen molar-refractivity contribution in [1.82, 2.24) is 4.98 Å². The van der Waals surface area contributed by atoms with Crippen molar-refractivity contribution >= 4 is 111 Å². The quantitative estimate of drug-likeness (QED) is 0.134. The minimum absolute atomic E-state index is 0.0562. The fourth-order valence-corrected chi connectivity index (χ4v) is 9.83. The average Bonchev–Trinajstić information content (AvgIpc) is 3.73. The van der Waals surface area contributed by atoms with Gasteiger partial charge in [0.2, 0.25) is 5.89 Å². The van der Waals surface area contributed by atoms with Crippen molar-refractivity contribution in [2.45, 2.75) is 0 Å². The highest BCUT2D eigenvalue weighted by molar-refractivity contribution is 7.00. The van der Waals surface area contributed by atoms with Crippen LogP contribution in [-0.2, 0) is 0 Å². The Kier molecular flexibility index (Phi) is 6.50. The molecule has 0 unspecified atom stereocenters. The van der Waals surface area contributed by atoms with E-state index >= 15 is 0 Å². The molecule has 0 amide bonds. The number of hydrogen-bond donors (Lipinski definition) is 0. The van der Waals surface area contributed by atoms with Crippen LogP contribution in [0.2, 0.25) is 0 Å². The highest BCUT2D eigenvalue weighted by atomic mass is 16.3. The van der Waals surface area contributed by atoms with Crippen molar-refractivity contribution in [2.75, 3.05) is 9.80 Å². The van der Waals surface area contributed by atoms with Gasteiger partial charge in [0, 0.05) is 39.7 Å². The van der Waals surface area contributed by atoms with Gasteiger partial charge in [0.1, 0.15) is 5.52 Å². The molecule has 2 aliphatic rings. The van der Waals surface area contributed by atoms with Crippen LogP contribution < -0.4 is 26.2 Å². The summed E-state index contributed by atoms with van der Waals surface area (Å²) in [5.74, 6) is 0.600. The molecule has 0 spiro atoms. The molecular formula is C53H32BN3O. The molecule has 0 fully saturated rings. The molecule has 2 aliphatic heterocycles. The van der Waals surface area contributed by atoms with Crippen LogP contribution >= 0.6 is 0 Å². The lowest BCUT2D eigenvalue weighted by atomic mass is 9.33. The Morgan fingerprint density at radius 1 is 0.397 bits per heavy atom. The van der Waals surface area contributed by atoms with E-state index in [-0.39, 0.29) is 6.71 Å². The van der Waals surface area contributed by atoms with Crippen molar-refractivity contribution in [2.24, 2.45) is 0 Å². The van der Waals surface area contributed by atoms with E-state index in [1.165, 1.54) is 70.9 Å². The van der Waals surface area contributed by atoms with Crippen LogP contribution in [0.3, 0.4) is 0 Å². The van der Waals surface area contributed by atoms with Gasteiger partial charge in [-0.05, 0) is 120 Å². The van der Waals surface area contributed by atoms with Crippen LogP contribution in [0.25, 0.3) is 65.6 Å². The number of nitrogens with zero attached hydrogens (tertiary/aromatic N) is 3. The van der Waals surface area contributed by atoms with Crippen LogP contribution in [-0.4, -0.2) is 11.7 Å². The Morgan fingerprint density at radius 2 is 0.879 bits per heavy atom. The Bertz CT molecular complexity index is 3260. The minimum atomic E-state index is -0.0562. The maximum atomic E-state index is 6.57. The van der Waals surface area contributed by atoms with E-state index in [1.807, 2.05) is 24.3 Å². The molecule has 0 radical (unpaired) electrons. The summed E-state index contributed by atoms with van der Waals surface area (Å²) in [4.78, 5) is 10.0. The summed E-state index contributed by atoms with van der Waals surface area (Å²) in [5.41, 5.74) is 13.1. The molecule has 10 aromatic carbocycles. The second-order valence-electron chi connectivity index (χ2n) is 15.5. The van der Waals surface area contributed by atoms with E-state index in [4.69, 9.17) is 9.40 Å². The molecule has 0 aliphatic carbocycles. The number of aromatic nitrogens is 1. The van der Waals surface area contributed by atoms with Crippen molar-refractivity contribution in [1.29, 1.82) is 0 Å². The summed E-state index contributed by atoms with van der Waals surface area (Å²) in [7, 11) is 0. The van der Waals surface area contributed by atoms with E-state index in [0.29, 0.717) is 5.89 Å². The summed E-state index contributed by atoms with van der Waals surface area (Å²) >= 11 is 0. The standard InChI is InChI=1S/C53H32BN3O/c1-3-15-38(16-4-1)56-47-31-42-35(25-23-33-13-7-9-19-40(33)42)27-44(47)54-45-28-36-26-24-34-14-8-10-20-41(34)43(36)32-48(45)57(39-17-5-2-6-18-39)50-30-37(29-49(56)52(50)54)53-55-46-21-11-12-22-51(46)58-53/h1-32H. The van der Waals surface area contributed by atoms with E-state index in [1.54, 1.807) is 0 Å². The molecule has 0 saturated heterocycles. The zero-order valence-electron chi connectivity index (χ0n) is 31.3. The Morgan fingerprint density at radius 3 is 1.43 bits per heavy atom. The Balaban J connectivity index is 1.20. The van der Waals surface area contributed by atoms with Crippen LogP contribution in [0.5, 0.6) is 0 Å². The molecular weight excluding hydrogens is 705 g/mol. The van der Waals surface area contributed by atoms with Gasteiger partial charge in [-0.15, -0.1) is 0 Å². The van der Waals surface area contributed by atoms with Gasteiger partial charge in [-0.3, -0.25) is 0 Å². The normalized spacial score (nSPS) is 13.1. The fraction of sp³-hybridized carbons (Fsp3) is 0. The number of fused-ring (bicyclic) bond motifs is 11. The van der Waals surface area contributed by atoms with Gasteiger partial charge in [0.15, 0.2) is 5.58 Å². The smallest absolute Gasteiger partial charge is 0.252 e. The van der Waals surface area contributed by atoms with Crippen LogP contribution in [0, 0.1) is 0 Å². The molecule has 4 nitrogen and oxygen atoms in total. The predicted octanol–water partition coefficient (Wildman–Crippen LogP) is 12.2. The van der Waals surface area contributed by atoms with Gasteiger partial charge in [0.25, 0.3) is 6.71 Å². The molecule has 58 heavy (non-hydrogen) atoms. The zero-order valence-corrected chi connectivity index (χ0v) is 31.3. The average molecular weight is 738 g/mol. The van der Waals surface area contributed by atoms with Crippen molar-refractivity contribution in [3.8, 4) is 11.5 Å². The van der Waals surface area contributed by atoms with E-state index < -0.39 is 0 Å². The molecule has 11 aromatic rings. The highest BCUT2D eigenvalue weighted by Crippen LogP contribution is 2.48. The third-order valence-electron chi connectivity index (χ3n) is 12.4. The third-order valence-corrected chi connectivity index (χ3v) is 12.4. The number of rotatable bonds is 3. The first-order valence-electron chi connectivity index (χ1n) is 19.9. The lowest BCUT2D eigenvalue weighted by molar-refractivity contribution is 0.620. The molecule has 5 heteroatoms. The highest BCUT2D eigenvalue weighted by Gasteiger charge is 2.44. The fourth-order valence-electron chi connectivity index (χ4n) is 9.83. The summed E-state index contributed by atoms with van der Waals surface area (Å²) in [6.45, 7) is -0.0562. The van der Waals surface area contributed by atoms with Gasteiger partial charge in [0.05, 0.1) is 0 Å². The van der Waals surface area contributed by atoms with Crippen LogP contribution in [0.15, 0.2) is 199 Å². The first-order valence-corrected chi connectivity index (χ1v) is 19.9. The number of oxazole rings is 1.